The minimum Gasteiger partial charge on any atom is -0.371 e. The molecule has 0 saturated carbocycles. The first kappa shape index (κ1) is 16.8. The van der Waals surface area contributed by atoms with E-state index in [4.69, 9.17) is 0 Å². The Balaban J connectivity index is 1.33. The molecule has 1 aliphatic heterocycles. The maximum Gasteiger partial charge on any atom is 0.0983 e. The molecular formula is C21H25N5. The molecule has 1 fully saturated rings. The summed E-state index contributed by atoms with van der Waals surface area (Å²) in [5.74, 6) is 0.689. The van der Waals surface area contributed by atoms with Crippen LogP contribution in [0.4, 0.5) is 5.69 Å². The Hall–Kier alpha value is -2.66. The second-order valence-electron chi connectivity index (χ2n) is 6.99. The van der Waals surface area contributed by atoms with E-state index in [1.165, 1.54) is 17.7 Å². The van der Waals surface area contributed by atoms with Gasteiger partial charge in [0.25, 0.3) is 0 Å². The third-order valence-corrected chi connectivity index (χ3v) is 5.00. The van der Waals surface area contributed by atoms with Crippen LogP contribution in [0, 0.1) is 5.92 Å². The minimum atomic E-state index is 0.689. The van der Waals surface area contributed by atoms with Gasteiger partial charge in [-0.05, 0) is 36.6 Å². The first-order valence-corrected chi connectivity index (χ1v) is 9.23. The van der Waals surface area contributed by atoms with Gasteiger partial charge in [0.2, 0.25) is 0 Å². The second-order valence-corrected chi connectivity index (χ2v) is 6.99. The first-order chi connectivity index (χ1) is 12.8. The van der Waals surface area contributed by atoms with Crippen LogP contribution >= 0.6 is 0 Å². The van der Waals surface area contributed by atoms with Gasteiger partial charge in [0.05, 0.1) is 5.69 Å². The van der Waals surface area contributed by atoms with Gasteiger partial charge in [0.15, 0.2) is 0 Å². The summed E-state index contributed by atoms with van der Waals surface area (Å²) in [6.07, 6.45) is 7.01. The lowest BCUT2D eigenvalue weighted by molar-refractivity contribution is 0.517. The van der Waals surface area contributed by atoms with Crippen LogP contribution in [0.2, 0.25) is 0 Å². The molecule has 1 atom stereocenters. The van der Waals surface area contributed by atoms with E-state index in [9.17, 15) is 0 Å². The minimum absolute atomic E-state index is 0.689. The summed E-state index contributed by atoms with van der Waals surface area (Å²) in [6, 6.07) is 14.7. The number of hydrogen-bond donors (Lipinski definition) is 1. The number of nitrogens with zero attached hydrogens (tertiary/aromatic N) is 4. The fourth-order valence-corrected chi connectivity index (χ4v) is 3.70. The molecule has 5 heteroatoms. The van der Waals surface area contributed by atoms with Gasteiger partial charge in [-0.3, -0.25) is 9.67 Å². The van der Waals surface area contributed by atoms with Crippen molar-refractivity contribution in [3.8, 4) is 11.3 Å². The largest absolute Gasteiger partial charge is 0.371 e. The standard InChI is InChI=1S/C21H25N5/c1-25-16-19(21(24-25)18-6-5-10-22-13-18)14-23-12-17-9-11-26(15-17)20-7-3-2-4-8-20/h2-8,10,13,16-17,23H,9,11-12,14-15H2,1H3. The van der Waals surface area contributed by atoms with Crippen LogP contribution in [0.5, 0.6) is 0 Å². The highest BCUT2D eigenvalue weighted by Gasteiger charge is 2.22. The van der Waals surface area contributed by atoms with E-state index in [1.54, 1.807) is 6.20 Å². The van der Waals surface area contributed by atoms with Gasteiger partial charge in [-0.15, -0.1) is 0 Å². The van der Waals surface area contributed by atoms with Crippen molar-refractivity contribution < 1.29 is 0 Å². The van der Waals surface area contributed by atoms with Gasteiger partial charge < -0.3 is 10.2 Å². The number of anilines is 1. The number of hydrogen-bond acceptors (Lipinski definition) is 4. The van der Waals surface area contributed by atoms with Crippen LogP contribution in [0.15, 0.2) is 61.1 Å². The van der Waals surface area contributed by atoms with Crippen LogP contribution < -0.4 is 10.2 Å². The number of benzene rings is 1. The lowest BCUT2D eigenvalue weighted by Crippen LogP contribution is -2.26. The predicted octanol–water partition coefficient (Wildman–Crippen LogP) is 3.10. The van der Waals surface area contributed by atoms with Crippen LogP contribution in [-0.2, 0) is 13.6 Å². The molecule has 1 saturated heterocycles. The second kappa shape index (κ2) is 7.70. The number of aromatic nitrogens is 3. The van der Waals surface area contributed by atoms with Crippen molar-refractivity contribution >= 4 is 5.69 Å². The molecule has 1 aromatic carbocycles. The molecule has 0 bridgehead atoms. The van der Waals surface area contributed by atoms with Crippen molar-refractivity contribution in [3.05, 3.63) is 66.6 Å². The topological polar surface area (TPSA) is 46.0 Å². The molecule has 0 aliphatic carbocycles. The average molecular weight is 347 g/mol. The smallest absolute Gasteiger partial charge is 0.0983 e. The van der Waals surface area contributed by atoms with Crippen molar-refractivity contribution in [3.63, 3.8) is 0 Å². The highest BCUT2D eigenvalue weighted by atomic mass is 15.3. The molecule has 3 heterocycles. The zero-order valence-corrected chi connectivity index (χ0v) is 15.2. The number of rotatable bonds is 6. The lowest BCUT2D eigenvalue weighted by atomic mass is 10.1. The van der Waals surface area contributed by atoms with E-state index in [0.29, 0.717) is 5.92 Å². The molecule has 1 aliphatic rings. The molecule has 0 spiro atoms. The lowest BCUT2D eigenvalue weighted by Gasteiger charge is -2.18. The summed E-state index contributed by atoms with van der Waals surface area (Å²) >= 11 is 0. The van der Waals surface area contributed by atoms with Gasteiger partial charge in [0, 0.05) is 68.6 Å². The molecule has 5 nitrogen and oxygen atoms in total. The summed E-state index contributed by atoms with van der Waals surface area (Å²) < 4.78 is 1.88. The summed E-state index contributed by atoms with van der Waals surface area (Å²) in [5.41, 5.74) is 4.64. The summed E-state index contributed by atoms with van der Waals surface area (Å²) in [7, 11) is 1.97. The zero-order valence-electron chi connectivity index (χ0n) is 15.2. The summed E-state index contributed by atoms with van der Waals surface area (Å²) in [4.78, 5) is 6.70. The maximum absolute atomic E-state index is 4.61. The third-order valence-electron chi connectivity index (χ3n) is 5.00. The monoisotopic (exact) mass is 347 g/mol. The number of para-hydroxylation sites is 1. The Kier molecular flexibility index (Phi) is 4.97. The fraction of sp³-hybridized carbons (Fsp3) is 0.333. The van der Waals surface area contributed by atoms with Crippen molar-refractivity contribution in [1.29, 1.82) is 0 Å². The Morgan fingerprint density at radius 1 is 1.15 bits per heavy atom. The zero-order chi connectivity index (χ0) is 17.8. The maximum atomic E-state index is 4.61. The van der Waals surface area contributed by atoms with E-state index >= 15 is 0 Å². The normalized spacial score (nSPS) is 17.0. The van der Waals surface area contributed by atoms with Crippen molar-refractivity contribution in [2.24, 2.45) is 13.0 Å². The number of nitrogens with one attached hydrogen (secondary N) is 1. The van der Waals surface area contributed by atoms with Crippen LogP contribution in [0.25, 0.3) is 11.3 Å². The highest BCUT2D eigenvalue weighted by Crippen LogP contribution is 2.24. The van der Waals surface area contributed by atoms with Gasteiger partial charge in [-0.25, -0.2) is 0 Å². The Bertz CT molecular complexity index is 828. The molecule has 0 radical (unpaired) electrons. The Morgan fingerprint density at radius 2 is 2.04 bits per heavy atom. The van der Waals surface area contributed by atoms with E-state index in [0.717, 1.165) is 37.4 Å². The van der Waals surface area contributed by atoms with Gasteiger partial charge in [-0.2, -0.15) is 5.10 Å². The molecule has 2 aromatic heterocycles. The van der Waals surface area contributed by atoms with Gasteiger partial charge in [-0.1, -0.05) is 18.2 Å². The Labute approximate surface area is 154 Å². The molecule has 4 rings (SSSR count). The van der Waals surface area contributed by atoms with Gasteiger partial charge in [0.1, 0.15) is 0 Å². The molecule has 0 amide bonds. The Morgan fingerprint density at radius 3 is 2.85 bits per heavy atom. The summed E-state index contributed by atoms with van der Waals surface area (Å²) in [6.45, 7) is 4.13. The molecule has 1 unspecified atom stereocenters. The first-order valence-electron chi connectivity index (χ1n) is 9.23. The molecule has 1 N–H and O–H groups in total. The van der Waals surface area contributed by atoms with E-state index in [2.05, 4.69) is 62.9 Å². The highest BCUT2D eigenvalue weighted by molar-refractivity contribution is 5.61. The molecule has 26 heavy (non-hydrogen) atoms. The fourth-order valence-electron chi connectivity index (χ4n) is 3.70. The molecular weight excluding hydrogens is 322 g/mol. The number of pyridine rings is 1. The predicted molar refractivity (Wildman–Crippen MR) is 105 cm³/mol. The van der Waals surface area contributed by atoms with Crippen LogP contribution in [0.1, 0.15) is 12.0 Å². The van der Waals surface area contributed by atoms with Crippen molar-refractivity contribution in [2.75, 3.05) is 24.5 Å². The van der Waals surface area contributed by atoms with Crippen LogP contribution in [-0.4, -0.2) is 34.4 Å². The van der Waals surface area contributed by atoms with E-state index in [-0.39, 0.29) is 0 Å². The summed E-state index contributed by atoms with van der Waals surface area (Å²) in [5, 5.41) is 8.25. The van der Waals surface area contributed by atoms with Gasteiger partial charge >= 0.3 is 0 Å². The van der Waals surface area contributed by atoms with Crippen LogP contribution in [0.3, 0.4) is 0 Å². The number of aryl methyl sites for hydroxylation is 1. The average Bonchev–Trinajstić information content (AvgIpc) is 3.30. The van der Waals surface area contributed by atoms with E-state index in [1.807, 2.05) is 24.0 Å². The van der Waals surface area contributed by atoms with E-state index < -0.39 is 0 Å². The van der Waals surface area contributed by atoms with Crippen molar-refractivity contribution in [2.45, 2.75) is 13.0 Å². The molecule has 3 aromatic rings. The third kappa shape index (κ3) is 3.78. The quantitative estimate of drug-likeness (QED) is 0.744. The van der Waals surface area contributed by atoms with Crippen molar-refractivity contribution in [1.82, 2.24) is 20.1 Å². The molecule has 134 valence electrons. The SMILES string of the molecule is Cn1cc(CNCC2CCN(c3ccccc3)C2)c(-c2cccnc2)n1.